The fourth-order valence-electron chi connectivity index (χ4n) is 1.82. The van der Waals surface area contributed by atoms with Crippen LogP contribution < -0.4 is 5.73 Å². The minimum atomic E-state index is -1.20. The molecule has 2 bridgehead atoms. The molecule has 0 aromatic heterocycles. The summed E-state index contributed by atoms with van der Waals surface area (Å²) in [5.41, 5.74) is 4.19. The Bertz CT molecular complexity index is 188. The Kier molecular flexibility index (Phi) is 1.85. The maximum atomic E-state index is 9.91. The molecule has 0 radical (unpaired) electrons. The van der Waals surface area contributed by atoms with Gasteiger partial charge in [-0.25, -0.2) is 0 Å². The second-order valence-electron chi connectivity index (χ2n) is 3.29. The molecule has 0 spiro atoms. The van der Waals surface area contributed by atoms with Crippen LogP contribution in [0.15, 0.2) is 0 Å². The number of hydrogen-bond donors (Lipinski definition) is 3. The molecule has 2 aliphatic rings. The summed E-state index contributed by atoms with van der Waals surface area (Å²) in [6, 6.07) is 0. The van der Waals surface area contributed by atoms with Crippen molar-refractivity contribution in [1.82, 2.24) is 0 Å². The molecule has 12 heavy (non-hydrogen) atoms. The summed E-state index contributed by atoms with van der Waals surface area (Å²) in [4.78, 5) is 0. The number of aliphatic hydroxyl groups excluding tert-OH is 1. The molecule has 0 unspecified atom stereocenters. The minimum Gasteiger partial charge on any atom is -0.385 e. The van der Waals surface area contributed by atoms with Gasteiger partial charge in [0.25, 0.3) is 0 Å². The van der Waals surface area contributed by atoms with Gasteiger partial charge in [-0.2, -0.15) is 0 Å². The van der Waals surface area contributed by atoms with Gasteiger partial charge in [-0.15, -0.1) is 0 Å². The second kappa shape index (κ2) is 2.65. The summed E-state index contributed by atoms with van der Waals surface area (Å²) in [6.45, 7) is 0.613. The van der Waals surface area contributed by atoms with E-state index in [1.54, 1.807) is 0 Å². The number of rotatable bonds is 1. The van der Waals surface area contributed by atoms with E-state index in [4.69, 9.17) is 15.2 Å². The largest absolute Gasteiger partial charge is 0.385 e. The van der Waals surface area contributed by atoms with Gasteiger partial charge in [0, 0.05) is 13.0 Å². The molecule has 2 heterocycles. The molecule has 2 aliphatic heterocycles. The van der Waals surface area contributed by atoms with Gasteiger partial charge in [0.1, 0.15) is 17.8 Å². The molecular weight excluding hydrogens is 162 g/mol. The number of ether oxygens (including phenoxy) is 2. The van der Waals surface area contributed by atoms with Gasteiger partial charge in [-0.1, -0.05) is 0 Å². The second-order valence-corrected chi connectivity index (χ2v) is 3.29. The van der Waals surface area contributed by atoms with Crippen molar-refractivity contribution < 1.29 is 19.7 Å². The zero-order valence-electron chi connectivity index (χ0n) is 6.64. The molecule has 0 aliphatic carbocycles. The highest BCUT2D eigenvalue weighted by Crippen LogP contribution is 2.37. The van der Waals surface area contributed by atoms with Crippen LogP contribution in [0, 0.1) is 0 Å². The van der Waals surface area contributed by atoms with E-state index >= 15 is 0 Å². The maximum absolute atomic E-state index is 9.91. The van der Waals surface area contributed by atoms with E-state index in [0.29, 0.717) is 13.0 Å². The van der Waals surface area contributed by atoms with Gasteiger partial charge >= 0.3 is 0 Å². The molecule has 2 saturated heterocycles. The summed E-state index contributed by atoms with van der Waals surface area (Å²) in [5.74, 6) is 0. The zero-order chi connectivity index (χ0) is 8.77. The Morgan fingerprint density at radius 3 is 2.92 bits per heavy atom. The molecule has 2 fully saturated rings. The lowest BCUT2D eigenvalue weighted by molar-refractivity contribution is -0.188. The van der Waals surface area contributed by atoms with E-state index in [-0.39, 0.29) is 6.54 Å². The first kappa shape index (κ1) is 8.40. The third-order valence-corrected chi connectivity index (χ3v) is 2.62. The van der Waals surface area contributed by atoms with Crippen LogP contribution in [0.1, 0.15) is 6.42 Å². The Labute approximate surface area is 70.1 Å². The molecule has 0 aromatic rings. The van der Waals surface area contributed by atoms with Crippen molar-refractivity contribution in [2.75, 3.05) is 13.2 Å². The van der Waals surface area contributed by atoms with E-state index in [9.17, 15) is 10.2 Å². The van der Waals surface area contributed by atoms with Crippen molar-refractivity contribution >= 4 is 0 Å². The Morgan fingerprint density at radius 1 is 1.58 bits per heavy atom. The van der Waals surface area contributed by atoms with Crippen LogP contribution in [0.2, 0.25) is 0 Å². The minimum absolute atomic E-state index is 0.202. The molecule has 2 rings (SSSR count). The van der Waals surface area contributed by atoms with Gasteiger partial charge in [-0.05, 0) is 0 Å². The Balaban J connectivity index is 2.23. The van der Waals surface area contributed by atoms with Gasteiger partial charge in [0.15, 0.2) is 6.29 Å². The summed E-state index contributed by atoms with van der Waals surface area (Å²) >= 11 is 0. The number of nitrogens with two attached hydrogens (primary N) is 1. The fraction of sp³-hybridized carbons (Fsp3) is 1.00. The Hall–Kier alpha value is -0.200. The Morgan fingerprint density at radius 2 is 2.33 bits per heavy atom. The van der Waals surface area contributed by atoms with Crippen molar-refractivity contribution in [3.05, 3.63) is 0 Å². The van der Waals surface area contributed by atoms with Crippen molar-refractivity contribution in [1.29, 1.82) is 0 Å². The molecule has 4 atom stereocenters. The highest BCUT2D eigenvalue weighted by Gasteiger charge is 2.57. The average Bonchev–Trinajstić information content (AvgIpc) is 2.22. The molecule has 0 saturated carbocycles. The van der Waals surface area contributed by atoms with E-state index in [1.165, 1.54) is 0 Å². The first-order valence-electron chi connectivity index (χ1n) is 4.06. The first-order valence-corrected chi connectivity index (χ1v) is 4.06. The highest BCUT2D eigenvalue weighted by molar-refractivity contribution is 5.03. The van der Waals surface area contributed by atoms with E-state index in [2.05, 4.69) is 0 Å². The van der Waals surface area contributed by atoms with Crippen LogP contribution >= 0.6 is 0 Å². The van der Waals surface area contributed by atoms with Crippen LogP contribution in [0.5, 0.6) is 0 Å². The third kappa shape index (κ3) is 0.915. The van der Waals surface area contributed by atoms with Crippen LogP contribution in [-0.2, 0) is 9.47 Å². The molecule has 0 aromatic carbocycles. The lowest BCUT2D eigenvalue weighted by Crippen LogP contribution is -2.53. The molecule has 70 valence electrons. The molecule has 0 amide bonds. The predicted molar refractivity (Wildman–Crippen MR) is 39.2 cm³/mol. The van der Waals surface area contributed by atoms with Crippen molar-refractivity contribution in [3.8, 4) is 0 Å². The number of aliphatic hydroxyl groups is 2. The third-order valence-electron chi connectivity index (χ3n) is 2.62. The normalized spacial score (nSPS) is 52.8. The molecule has 5 heteroatoms. The van der Waals surface area contributed by atoms with Crippen LogP contribution in [-0.4, -0.2) is 47.5 Å². The van der Waals surface area contributed by atoms with Crippen molar-refractivity contribution in [2.24, 2.45) is 5.73 Å². The van der Waals surface area contributed by atoms with Gasteiger partial charge < -0.3 is 25.4 Å². The van der Waals surface area contributed by atoms with E-state index in [1.807, 2.05) is 0 Å². The van der Waals surface area contributed by atoms with Crippen LogP contribution in [0.3, 0.4) is 0 Å². The highest BCUT2D eigenvalue weighted by atomic mass is 16.7. The number of hydrogen-bond acceptors (Lipinski definition) is 5. The summed E-state index contributed by atoms with van der Waals surface area (Å²) in [5, 5.41) is 19.4. The monoisotopic (exact) mass is 175 g/mol. The molecular formula is C7H13NO4. The summed E-state index contributed by atoms with van der Waals surface area (Å²) in [7, 11) is 0. The van der Waals surface area contributed by atoms with Crippen molar-refractivity contribution in [2.45, 2.75) is 30.5 Å². The van der Waals surface area contributed by atoms with E-state index in [0.717, 1.165) is 0 Å². The fourth-order valence-corrected chi connectivity index (χ4v) is 1.82. The summed E-state index contributed by atoms with van der Waals surface area (Å²) < 4.78 is 10.3. The average molecular weight is 175 g/mol. The zero-order valence-corrected chi connectivity index (χ0v) is 6.64. The van der Waals surface area contributed by atoms with Crippen LogP contribution in [0.4, 0.5) is 0 Å². The number of fused-ring (bicyclic) bond motifs is 2. The first-order chi connectivity index (χ1) is 5.68. The smallest absolute Gasteiger partial charge is 0.186 e. The maximum Gasteiger partial charge on any atom is 0.186 e. The predicted octanol–water partition coefficient (Wildman–Crippen LogP) is -1.82. The van der Waals surface area contributed by atoms with Crippen LogP contribution in [0.25, 0.3) is 0 Å². The van der Waals surface area contributed by atoms with Gasteiger partial charge in [-0.3, -0.25) is 0 Å². The molecule has 4 N–H and O–H groups in total. The summed E-state index contributed by atoms with van der Waals surface area (Å²) in [6.07, 6.45) is -1.77. The molecule has 5 nitrogen and oxygen atoms in total. The van der Waals surface area contributed by atoms with Crippen molar-refractivity contribution in [3.63, 3.8) is 0 Å². The topological polar surface area (TPSA) is 84.9 Å². The SMILES string of the molecule is NC[C@H]1O[C@H]2OCC[C@]1(O)[C@H]2O. The lowest BCUT2D eigenvalue weighted by atomic mass is 9.88. The standard InChI is InChI=1S/C7H13NO4/c8-3-4-7(10)1-2-11-6(12-4)5(7)9/h4-6,9-10H,1-3,8H2/t4-,5+,6-,7-/m1/s1. The lowest BCUT2D eigenvalue weighted by Gasteiger charge is -2.32. The van der Waals surface area contributed by atoms with Gasteiger partial charge in [0.2, 0.25) is 0 Å². The van der Waals surface area contributed by atoms with E-state index < -0.39 is 24.1 Å². The van der Waals surface area contributed by atoms with Gasteiger partial charge in [0.05, 0.1) is 6.61 Å². The quantitative estimate of drug-likeness (QED) is 0.437.